The van der Waals surface area contributed by atoms with Crippen molar-refractivity contribution in [1.82, 2.24) is 63.1 Å². The molecule has 1 aromatic heterocycles. The van der Waals surface area contributed by atoms with Gasteiger partial charge in [0.25, 0.3) is 0 Å². The van der Waals surface area contributed by atoms with Gasteiger partial charge in [-0.1, -0.05) is 233 Å². The zero-order valence-electron chi connectivity index (χ0n) is 80.4. The summed E-state index contributed by atoms with van der Waals surface area (Å²) in [6.07, 6.45) is 25.3. The Hall–Kier alpha value is -6.96. The number of unbranched alkanes of at least 4 members (excludes halogenated alkanes) is 10. The van der Waals surface area contributed by atoms with E-state index in [4.69, 9.17) is 62.4 Å². The summed E-state index contributed by atoms with van der Waals surface area (Å²) in [6, 6.07) is 5.48. The number of H-pyrrole nitrogens is 1. The number of imidazole rings is 1. The number of rotatable bonds is 51. The molecule has 0 saturated heterocycles. The number of nitrogens with one attached hydrogen (secondary N) is 11. The van der Waals surface area contributed by atoms with E-state index in [2.05, 4.69) is 138 Å². The van der Waals surface area contributed by atoms with Crippen molar-refractivity contribution in [1.29, 1.82) is 0 Å². The zero-order valence-corrected chi connectivity index (χ0v) is 81.3. The largest absolute Gasteiger partial charge is 0.394 e. The number of thiol groups is 1. The molecule has 2 rings (SSSR count). The Balaban J connectivity index is -0.000000200. The molecule has 10 amide bonds. The Morgan fingerprint density at radius 3 is 0.886 bits per heavy atom. The summed E-state index contributed by atoms with van der Waals surface area (Å²) in [4.78, 5) is 119. The molecule has 0 aliphatic carbocycles. The summed E-state index contributed by atoms with van der Waals surface area (Å²) >= 11 is 3.91. The van der Waals surface area contributed by atoms with E-state index in [0.29, 0.717) is 31.7 Å². The highest BCUT2D eigenvalue weighted by Crippen LogP contribution is 2.05. The molecule has 123 heavy (non-hydrogen) atoms. The average molecular weight is 1780 g/mol. The van der Waals surface area contributed by atoms with Gasteiger partial charge >= 0.3 is 0 Å². The quantitative estimate of drug-likeness (QED) is 0.0163. The van der Waals surface area contributed by atoms with Gasteiger partial charge in [0.15, 0.2) is 0 Å². The number of benzene rings is 1. The normalized spacial score (nSPS) is 12.8. The molecule has 2 aromatic rings. The van der Waals surface area contributed by atoms with Gasteiger partial charge in [-0.25, -0.2) is 4.98 Å². The maximum absolute atomic E-state index is 11.6. The number of aliphatic hydroxyl groups excluding tert-OH is 1. The second kappa shape index (κ2) is 92.7. The Bertz CT molecular complexity index is 2590. The van der Waals surface area contributed by atoms with Crippen molar-refractivity contribution in [2.24, 2.45) is 86.9 Å². The van der Waals surface area contributed by atoms with Crippen LogP contribution in [0.25, 0.3) is 0 Å². The fourth-order valence-corrected chi connectivity index (χ4v) is 8.69. The van der Waals surface area contributed by atoms with E-state index in [1.165, 1.54) is 0 Å². The number of amides is 10. The lowest BCUT2D eigenvalue weighted by Gasteiger charge is -2.14. The van der Waals surface area contributed by atoms with Crippen molar-refractivity contribution in [2.75, 3.05) is 77.8 Å². The van der Waals surface area contributed by atoms with E-state index in [1.54, 1.807) is 19.4 Å². The smallest absolute Gasteiger partial charge is 0.239 e. The van der Waals surface area contributed by atoms with Gasteiger partial charge in [0.05, 0.1) is 67.3 Å². The zero-order chi connectivity index (χ0) is 96.1. The first-order valence-corrected chi connectivity index (χ1v) is 46.2. The Labute approximate surface area is 750 Å². The first-order chi connectivity index (χ1) is 58.0. The van der Waals surface area contributed by atoms with Crippen LogP contribution in [0.15, 0.2) is 42.9 Å². The van der Waals surface area contributed by atoms with Crippen molar-refractivity contribution in [3.63, 3.8) is 0 Å². The third-order valence-electron chi connectivity index (χ3n) is 17.8. The number of hydrogen-bond donors (Lipinski definition) is 23. The second-order valence-corrected chi connectivity index (χ2v) is 32.2. The molecule has 0 spiro atoms. The lowest BCUT2D eigenvalue weighted by molar-refractivity contribution is -0.124. The highest BCUT2D eigenvalue weighted by atomic mass is 32.1. The minimum absolute atomic E-state index is 0.0292. The van der Waals surface area contributed by atoms with Crippen molar-refractivity contribution in [3.05, 3.63) is 54.1 Å². The van der Waals surface area contributed by atoms with Gasteiger partial charge in [0.1, 0.15) is 6.04 Å². The molecule has 0 radical (unpaired) electrons. The standard InChI is InChI=1S/C13H20N2O.C10H18N4O.5C9H20N2O.C7H16N2O2.C7H16N2OS.C7H16N2O/c1-2-3-9-15-13(16)12(14)10-11-7-5-4-6-8-11;1-2-3-4-13-10(15)9(11)5-8-6-12-7-14-8;5*1-4-5-6-11-9(12)8(10)7(2)3;1-2-3-4-9-7(11)6(8)5-10;1-2-3-4-9-7(10)6(8)5-11;1-3-4-5-9-7(10)6(2)8/h4-8,12H,2-3,9-10,14H2,1H3,(H,15,16);6-7,9H,2-5,11H2,1H3,(H,12,14)(H,13,15);5*7-8H,4-6,10H2,1-3H3,(H,11,12);6,10H,2-5,8H2,1H3,(H,9,11);6,11H,2-5,8H2,1H3,(H,9,10);6H,3-5,8H2,1-2H3,(H,9,10)/t12-;9-;5*8-;3*6-/m0000000000/s1/i;;9+1,12+2;12+2;12+1;9+1;;;;. The molecule has 32 N–H and O–H groups in total. The van der Waals surface area contributed by atoms with Crippen LogP contribution in [0, 0.1) is 29.6 Å². The third kappa shape index (κ3) is 86.9. The first-order valence-electron chi connectivity index (χ1n) is 45.6. The van der Waals surface area contributed by atoms with Gasteiger partial charge in [-0.15, -0.1) is 0 Å². The monoisotopic (exact) mass is 1780 g/mol. The number of carbonyl (C=O) groups excluding carboxylic acids is 10. The van der Waals surface area contributed by atoms with E-state index in [-0.39, 0.29) is 132 Å². The molecule has 0 aliphatic heterocycles. The van der Waals surface area contributed by atoms with Gasteiger partial charge < -0.3 is 121 Å². The molecule has 33 nitrogen and oxygen atoms in total. The maximum atomic E-state index is 11.6. The summed E-state index contributed by atoms with van der Waals surface area (Å²) in [5, 5.41) is 36.2. The van der Waals surface area contributed by atoms with E-state index >= 15 is 0 Å². The van der Waals surface area contributed by atoms with E-state index in [0.717, 1.165) is 192 Å². The fraction of sp³-hybridized carbons (Fsp3) is 0.787. The van der Waals surface area contributed by atoms with Crippen molar-refractivity contribution in [2.45, 2.75) is 347 Å². The summed E-state index contributed by atoms with van der Waals surface area (Å²) in [5.41, 5.74) is 57.6. The van der Waals surface area contributed by atoms with Crippen molar-refractivity contribution in [3.8, 4) is 0 Å². The summed E-state index contributed by atoms with van der Waals surface area (Å²) in [7, 11) is 0. The van der Waals surface area contributed by atoms with Crippen LogP contribution in [0.2, 0.25) is 0 Å². The van der Waals surface area contributed by atoms with Gasteiger partial charge in [0.2, 0.25) is 59.1 Å². The van der Waals surface area contributed by atoms with Crippen LogP contribution in [0.4, 0.5) is 0 Å². The highest BCUT2D eigenvalue weighted by Gasteiger charge is 2.21. The number of hydrogen-bond acceptors (Lipinski definition) is 23. The SMILES string of the molecule is CCCCNC(=O)[C@@H](N)C(C)C.CCCCNC(=O)[C@@H](N)CO.CCCCNC(=O)[C@@H](N)CS.CCCCNC(=O)[C@@H](N)Cc1ccccc1.CCCCNC(=O)[C@@H](N)Cc1cnc[nH]1.CCCCNC(=O)[C@H](C)N.CCCCNC(=[17O])[C@@H](N)C(C)C.CCCCNC(=[18O])[C@@H](N)C(C)C.CCCCN[13C](=O)[C@@H](N)C(C)C.CCCCN[13C](=[18O])[C@@H](N)C(C)C. The Kier molecular flexibility index (Phi) is 99.2. The molecule has 0 fully saturated rings. The predicted molar refractivity (Wildman–Crippen MR) is 512 cm³/mol. The number of aromatic nitrogens is 2. The number of aromatic amines is 1. The summed E-state index contributed by atoms with van der Waals surface area (Å²) < 4.78 is 0. The lowest BCUT2D eigenvalue weighted by Crippen LogP contribution is -2.44. The fourth-order valence-electron chi connectivity index (χ4n) is 8.52. The topological polar surface area (TPSA) is 600 Å². The number of nitrogens with zero attached hydrogens (tertiary/aromatic N) is 1. The summed E-state index contributed by atoms with van der Waals surface area (Å²) in [6.45, 7) is 49.0. The van der Waals surface area contributed by atoms with E-state index in [9.17, 15) is 47.9 Å². The Morgan fingerprint density at radius 1 is 0.366 bits per heavy atom. The van der Waals surface area contributed by atoms with Crippen molar-refractivity contribution < 1.29 is 53.1 Å². The van der Waals surface area contributed by atoms with Gasteiger partial charge in [-0.3, -0.25) is 47.9 Å². The van der Waals surface area contributed by atoms with Crippen LogP contribution in [0.5, 0.6) is 0 Å². The molecule has 34 heteroatoms. The number of aliphatic hydroxyl groups is 1. The Morgan fingerprint density at radius 2 is 0.626 bits per heavy atom. The van der Waals surface area contributed by atoms with Gasteiger partial charge in [-0.2, -0.15) is 12.6 Å². The average Bonchev–Trinajstić information content (AvgIpc) is 1.87. The molecule has 724 valence electrons. The van der Waals surface area contributed by atoms with Crippen LogP contribution in [-0.4, -0.2) is 212 Å². The van der Waals surface area contributed by atoms with Gasteiger partial charge in [-0.05, 0) is 113 Å². The minimum Gasteiger partial charge on any atom is -0.394 e. The molecule has 1 heterocycles. The molecule has 1 aromatic carbocycles. The highest BCUT2D eigenvalue weighted by molar-refractivity contribution is 7.80. The summed E-state index contributed by atoms with van der Waals surface area (Å²) in [5.74, 6) is 0.728. The molecule has 10 atom stereocenters. The first kappa shape index (κ1) is 132. The van der Waals surface area contributed by atoms with Crippen LogP contribution in [0.1, 0.15) is 285 Å². The molecular weight excluding hydrogens is 1590 g/mol. The molecule has 0 unspecified atom stereocenters. The molecule has 0 bridgehead atoms. The third-order valence-corrected chi connectivity index (χ3v) is 18.2. The number of nitrogens with two attached hydrogens (primary N) is 10. The predicted octanol–water partition coefficient (Wildman–Crippen LogP) is 5.73. The van der Waals surface area contributed by atoms with E-state index in [1.807, 2.05) is 106 Å². The van der Waals surface area contributed by atoms with Crippen LogP contribution < -0.4 is 111 Å². The molecule has 0 saturated carbocycles. The maximum Gasteiger partial charge on any atom is 0.239 e. The van der Waals surface area contributed by atoms with Crippen molar-refractivity contribution >= 4 is 71.7 Å². The lowest BCUT2D eigenvalue weighted by atomic mass is 10.1. The van der Waals surface area contributed by atoms with Crippen LogP contribution >= 0.6 is 12.6 Å². The van der Waals surface area contributed by atoms with E-state index < -0.39 is 24.2 Å². The molecule has 0 aliphatic rings. The molecular formula is C89H186N22O11S. The second-order valence-electron chi connectivity index (χ2n) is 31.8. The van der Waals surface area contributed by atoms with Gasteiger partial charge in [0, 0.05) is 89.5 Å². The minimum atomic E-state index is -0.771. The van der Waals surface area contributed by atoms with Crippen LogP contribution in [0.3, 0.4) is 0 Å². The number of carbonyl (C=O) groups is 10. The van der Waals surface area contributed by atoms with Crippen LogP contribution in [-0.2, 0) is 60.8 Å².